The van der Waals surface area contributed by atoms with Gasteiger partial charge in [0.15, 0.2) is 5.57 Å². The largest absolute Gasteiger partial charge is 0.465 e. The highest BCUT2D eigenvalue weighted by Crippen LogP contribution is 2.20. The lowest BCUT2D eigenvalue weighted by molar-refractivity contribution is -0.135. The topological polar surface area (TPSA) is 62.1 Å². The standard InChI is InChI=1S/C14H16N2O2S/c1-10(11-7-5-4-6-8-11)16-13(19-3)12(9-15)14(17)18-2/h4-8,10,16H,1-3H3/b13-12+. The number of carbonyl (C=O) groups is 1. The maximum absolute atomic E-state index is 11.5. The number of methoxy groups -OCH3 is 1. The van der Waals surface area contributed by atoms with Crippen molar-refractivity contribution in [3.63, 3.8) is 0 Å². The number of hydrogen-bond donors (Lipinski definition) is 1. The van der Waals surface area contributed by atoms with Crippen LogP contribution in [0.5, 0.6) is 0 Å². The predicted molar refractivity (Wildman–Crippen MR) is 76.2 cm³/mol. The first kappa shape index (κ1) is 15.1. The van der Waals surface area contributed by atoms with Gasteiger partial charge in [0.05, 0.1) is 12.1 Å². The van der Waals surface area contributed by atoms with Crippen LogP contribution in [0, 0.1) is 11.3 Å². The Balaban J connectivity index is 2.97. The van der Waals surface area contributed by atoms with Gasteiger partial charge in [-0.05, 0) is 18.7 Å². The Hall–Kier alpha value is -1.93. The monoisotopic (exact) mass is 276 g/mol. The van der Waals surface area contributed by atoms with Crippen LogP contribution < -0.4 is 5.32 Å². The smallest absolute Gasteiger partial charge is 0.351 e. The third-order valence-electron chi connectivity index (χ3n) is 2.58. The minimum absolute atomic E-state index is 0.00205. The molecule has 0 amide bonds. The summed E-state index contributed by atoms with van der Waals surface area (Å²) in [5.41, 5.74) is 1.08. The second kappa shape index (κ2) is 7.49. The van der Waals surface area contributed by atoms with E-state index in [2.05, 4.69) is 10.1 Å². The summed E-state index contributed by atoms with van der Waals surface area (Å²) in [6.07, 6.45) is 1.81. The molecule has 1 unspecified atom stereocenters. The number of benzene rings is 1. The molecule has 1 N–H and O–H groups in total. The second-order valence-corrected chi connectivity index (χ2v) is 4.60. The molecule has 0 bridgehead atoms. The minimum atomic E-state index is -0.625. The van der Waals surface area contributed by atoms with Crippen LogP contribution in [0.15, 0.2) is 40.9 Å². The molecule has 0 saturated heterocycles. The van der Waals surface area contributed by atoms with Crippen LogP contribution in [0.2, 0.25) is 0 Å². The Labute approximate surface area is 117 Å². The molecule has 0 aliphatic carbocycles. The first-order valence-corrected chi connectivity index (χ1v) is 6.94. The lowest BCUT2D eigenvalue weighted by Crippen LogP contribution is -2.20. The SMILES string of the molecule is COC(=O)/C(C#N)=C(\NC(C)c1ccccc1)SC. The molecule has 1 rings (SSSR count). The summed E-state index contributed by atoms with van der Waals surface area (Å²) in [6, 6.07) is 11.7. The van der Waals surface area contributed by atoms with Crippen LogP contribution in [0.25, 0.3) is 0 Å². The zero-order valence-corrected chi connectivity index (χ0v) is 12.0. The number of carbonyl (C=O) groups excluding carboxylic acids is 1. The molecule has 0 saturated carbocycles. The Bertz CT molecular complexity index is 506. The third kappa shape index (κ3) is 4.04. The molecular formula is C14H16N2O2S. The summed E-state index contributed by atoms with van der Waals surface area (Å²) in [5, 5.41) is 12.7. The molecule has 1 atom stereocenters. The number of ether oxygens (including phenoxy) is 1. The van der Waals surface area contributed by atoms with E-state index in [1.54, 1.807) is 6.26 Å². The molecule has 19 heavy (non-hydrogen) atoms. The van der Waals surface area contributed by atoms with E-state index in [1.165, 1.54) is 18.9 Å². The fourth-order valence-corrected chi connectivity index (χ4v) is 2.17. The van der Waals surface area contributed by atoms with E-state index in [0.29, 0.717) is 5.03 Å². The van der Waals surface area contributed by atoms with Gasteiger partial charge in [0.25, 0.3) is 0 Å². The fourth-order valence-electron chi connectivity index (χ4n) is 1.55. The zero-order valence-electron chi connectivity index (χ0n) is 11.1. The first-order valence-electron chi connectivity index (χ1n) is 5.72. The summed E-state index contributed by atoms with van der Waals surface area (Å²) in [7, 11) is 1.26. The van der Waals surface area contributed by atoms with Crippen molar-refractivity contribution < 1.29 is 9.53 Å². The van der Waals surface area contributed by atoms with Crippen molar-refractivity contribution in [2.75, 3.05) is 13.4 Å². The van der Waals surface area contributed by atoms with Gasteiger partial charge in [-0.1, -0.05) is 30.3 Å². The number of hydrogen-bond acceptors (Lipinski definition) is 5. The van der Waals surface area contributed by atoms with E-state index < -0.39 is 5.97 Å². The van der Waals surface area contributed by atoms with Gasteiger partial charge in [-0.15, -0.1) is 11.8 Å². The summed E-state index contributed by atoms with van der Waals surface area (Å²) >= 11 is 1.31. The summed E-state index contributed by atoms with van der Waals surface area (Å²) in [4.78, 5) is 11.5. The maximum Gasteiger partial charge on any atom is 0.351 e. The highest BCUT2D eigenvalue weighted by molar-refractivity contribution is 8.02. The molecular weight excluding hydrogens is 260 g/mol. The summed E-state index contributed by atoms with van der Waals surface area (Å²) in [5.74, 6) is -0.625. The normalized spacial score (nSPS) is 12.9. The second-order valence-electron chi connectivity index (χ2n) is 3.79. The minimum Gasteiger partial charge on any atom is -0.465 e. The van der Waals surface area contributed by atoms with E-state index in [9.17, 15) is 4.79 Å². The van der Waals surface area contributed by atoms with E-state index in [0.717, 1.165) is 5.56 Å². The van der Waals surface area contributed by atoms with Gasteiger partial charge in [0.1, 0.15) is 6.07 Å². The molecule has 100 valence electrons. The number of nitrogens with one attached hydrogen (secondary N) is 1. The zero-order chi connectivity index (χ0) is 14.3. The highest BCUT2D eigenvalue weighted by atomic mass is 32.2. The highest BCUT2D eigenvalue weighted by Gasteiger charge is 2.17. The van der Waals surface area contributed by atoms with E-state index in [4.69, 9.17) is 5.26 Å². The number of nitrogens with zero attached hydrogens (tertiary/aromatic N) is 1. The van der Waals surface area contributed by atoms with Crippen LogP contribution in [-0.4, -0.2) is 19.3 Å². The fraction of sp³-hybridized carbons (Fsp3) is 0.286. The molecule has 0 fully saturated rings. The van der Waals surface area contributed by atoms with Crippen molar-refractivity contribution in [2.24, 2.45) is 0 Å². The van der Waals surface area contributed by atoms with Gasteiger partial charge in [-0.2, -0.15) is 5.26 Å². The average Bonchev–Trinajstić information content (AvgIpc) is 2.47. The quantitative estimate of drug-likeness (QED) is 0.509. The van der Waals surface area contributed by atoms with Crippen LogP contribution in [0.1, 0.15) is 18.5 Å². The molecule has 0 radical (unpaired) electrons. The third-order valence-corrected chi connectivity index (χ3v) is 3.31. The molecule has 4 nitrogen and oxygen atoms in total. The van der Waals surface area contributed by atoms with Crippen molar-refractivity contribution in [1.29, 1.82) is 5.26 Å². The van der Waals surface area contributed by atoms with Crippen molar-refractivity contribution in [3.8, 4) is 6.07 Å². The van der Waals surface area contributed by atoms with Gasteiger partial charge in [-0.25, -0.2) is 4.79 Å². The predicted octanol–water partition coefficient (Wildman–Crippen LogP) is 2.61. The number of rotatable bonds is 5. The van der Waals surface area contributed by atoms with Gasteiger partial charge < -0.3 is 10.1 Å². The van der Waals surface area contributed by atoms with Crippen molar-refractivity contribution in [3.05, 3.63) is 46.5 Å². The maximum atomic E-state index is 11.5. The van der Waals surface area contributed by atoms with E-state index in [1.807, 2.05) is 43.3 Å². The van der Waals surface area contributed by atoms with Crippen molar-refractivity contribution >= 4 is 17.7 Å². The number of nitriles is 1. The van der Waals surface area contributed by atoms with E-state index in [-0.39, 0.29) is 11.6 Å². The average molecular weight is 276 g/mol. The number of thioether (sulfide) groups is 1. The van der Waals surface area contributed by atoms with Crippen LogP contribution in [-0.2, 0) is 9.53 Å². The van der Waals surface area contributed by atoms with Gasteiger partial charge in [0.2, 0.25) is 0 Å². The van der Waals surface area contributed by atoms with Crippen molar-refractivity contribution in [1.82, 2.24) is 5.32 Å². The molecule has 5 heteroatoms. The Morgan fingerprint density at radius 3 is 2.53 bits per heavy atom. The number of esters is 1. The first-order chi connectivity index (χ1) is 9.13. The molecule has 1 aromatic rings. The van der Waals surface area contributed by atoms with Crippen molar-refractivity contribution in [2.45, 2.75) is 13.0 Å². The van der Waals surface area contributed by atoms with Gasteiger partial charge in [0, 0.05) is 6.04 Å². The lowest BCUT2D eigenvalue weighted by Gasteiger charge is -2.17. The Kier molecular flexibility index (Phi) is 5.97. The summed E-state index contributed by atoms with van der Waals surface area (Å²) < 4.78 is 4.60. The molecule has 0 spiro atoms. The van der Waals surface area contributed by atoms with E-state index >= 15 is 0 Å². The molecule has 0 heterocycles. The van der Waals surface area contributed by atoms with Gasteiger partial charge >= 0.3 is 5.97 Å². The summed E-state index contributed by atoms with van der Waals surface area (Å²) in [6.45, 7) is 1.97. The van der Waals surface area contributed by atoms with Crippen LogP contribution in [0.4, 0.5) is 0 Å². The Morgan fingerprint density at radius 2 is 2.05 bits per heavy atom. The molecule has 0 aliphatic rings. The molecule has 0 aromatic heterocycles. The van der Waals surface area contributed by atoms with Gasteiger partial charge in [-0.3, -0.25) is 0 Å². The molecule has 0 aliphatic heterocycles. The van der Waals surface area contributed by atoms with Crippen LogP contribution in [0.3, 0.4) is 0 Å². The van der Waals surface area contributed by atoms with Crippen LogP contribution >= 0.6 is 11.8 Å². The lowest BCUT2D eigenvalue weighted by atomic mass is 10.1. The molecule has 1 aromatic carbocycles. The Morgan fingerprint density at radius 1 is 1.42 bits per heavy atom.